The van der Waals surface area contributed by atoms with Gasteiger partial charge in [-0.3, -0.25) is 0 Å². The largest absolute Gasteiger partial charge is 0.390 e. The van der Waals surface area contributed by atoms with Crippen LogP contribution in [0.25, 0.3) is 0 Å². The molecule has 0 heterocycles. The Bertz CT molecular complexity index is 712. The van der Waals surface area contributed by atoms with Gasteiger partial charge in [0.2, 0.25) is 0 Å². The third kappa shape index (κ3) is 5.15. The Hall–Kier alpha value is -0.0800. The molecule has 204 valence electrons. The molecule has 2 nitrogen and oxygen atoms in total. The van der Waals surface area contributed by atoms with Crippen molar-refractivity contribution in [2.75, 3.05) is 0 Å². The molecule has 4 aliphatic rings. The zero-order chi connectivity index (χ0) is 25.6. The maximum Gasteiger partial charge on any atom is 0.0678 e. The van der Waals surface area contributed by atoms with Crippen LogP contribution in [0.3, 0.4) is 0 Å². The Morgan fingerprint density at radius 2 is 1.51 bits per heavy atom. The summed E-state index contributed by atoms with van der Waals surface area (Å²) in [6.07, 6.45) is 17.8. The first kappa shape index (κ1) is 27.9. The van der Waals surface area contributed by atoms with E-state index in [-0.39, 0.29) is 0 Å². The van der Waals surface area contributed by atoms with Crippen molar-refractivity contribution in [2.45, 2.75) is 156 Å². The fourth-order valence-corrected chi connectivity index (χ4v) is 10.6. The van der Waals surface area contributed by atoms with Crippen LogP contribution in [-0.2, 0) is 0 Å². The van der Waals surface area contributed by atoms with Crippen molar-refractivity contribution >= 4 is 0 Å². The predicted octanol–water partition coefficient (Wildman–Crippen LogP) is 8.78. The Kier molecular flexibility index (Phi) is 8.17. The molecule has 0 amide bonds. The molecule has 2 N–H and O–H groups in total. The number of rotatable bonds is 9. The molecule has 4 rings (SSSR count). The highest BCUT2D eigenvalue weighted by molar-refractivity contribution is 5.11. The van der Waals surface area contributed by atoms with Gasteiger partial charge in [-0.1, -0.05) is 67.7 Å². The molecule has 0 aromatic rings. The monoisotopic (exact) mass is 488 g/mol. The lowest BCUT2D eigenvalue weighted by Crippen LogP contribution is -2.57. The van der Waals surface area contributed by atoms with Gasteiger partial charge >= 0.3 is 0 Å². The van der Waals surface area contributed by atoms with E-state index in [2.05, 4.69) is 48.5 Å². The Balaban J connectivity index is 1.44. The van der Waals surface area contributed by atoms with E-state index in [1.54, 1.807) is 0 Å². The summed E-state index contributed by atoms with van der Waals surface area (Å²) in [4.78, 5) is 0. The first-order valence-corrected chi connectivity index (χ1v) is 15.8. The molecule has 0 aliphatic heterocycles. The van der Waals surface area contributed by atoms with Gasteiger partial charge in [0, 0.05) is 6.42 Å². The average Bonchev–Trinajstić information content (AvgIpc) is 3.16. The van der Waals surface area contributed by atoms with E-state index in [0.29, 0.717) is 23.2 Å². The second-order valence-corrected chi connectivity index (χ2v) is 15.2. The molecule has 0 unspecified atom stereocenters. The van der Waals surface area contributed by atoms with Crippen LogP contribution in [0, 0.1) is 52.3 Å². The van der Waals surface area contributed by atoms with E-state index in [4.69, 9.17) is 0 Å². The molecular formula is C33H60O2. The lowest BCUT2D eigenvalue weighted by molar-refractivity contribution is -0.168. The maximum atomic E-state index is 11.7. The molecular weight excluding hydrogens is 428 g/mol. The molecule has 0 spiro atoms. The van der Waals surface area contributed by atoms with Gasteiger partial charge in [0.05, 0.1) is 11.2 Å². The van der Waals surface area contributed by atoms with Crippen LogP contribution in [0.1, 0.15) is 145 Å². The van der Waals surface area contributed by atoms with E-state index in [1.807, 2.05) is 0 Å². The molecule has 0 saturated heterocycles. The van der Waals surface area contributed by atoms with Gasteiger partial charge in [-0.2, -0.15) is 0 Å². The van der Waals surface area contributed by atoms with Gasteiger partial charge in [0.15, 0.2) is 0 Å². The van der Waals surface area contributed by atoms with E-state index >= 15 is 0 Å². The SMILES string of the molecule is CCC(O)(CC)C[C@@]1(O)CC[C@@]2(C)[C@@H](CC[C@@H]3[C@@H]2CC[C@]2(C)[C@@H]([C@H](C)CCCC(C)C)CC[C@@H]32)C1. The maximum absolute atomic E-state index is 11.7. The zero-order valence-corrected chi connectivity index (χ0v) is 24.5. The standard InChI is InChI=1S/C33H60O2/c1-8-32(34,9-2)22-33(35)20-19-30(6)25(21-33)13-14-26-28-16-15-27(24(5)12-10-11-23(3)4)31(28,7)18-17-29(26)30/h23-29,34-35H,8-22H2,1-7H3/t24-,25+,26+,27-,28+,29+,30+,31-,33-/m1/s1. The number of hydrogen-bond acceptors (Lipinski definition) is 2. The normalized spacial score (nSPS) is 44.6. The first-order chi connectivity index (χ1) is 16.4. The second-order valence-electron chi connectivity index (χ2n) is 15.2. The van der Waals surface area contributed by atoms with Crippen LogP contribution in [0.15, 0.2) is 0 Å². The molecule has 0 aromatic carbocycles. The second kappa shape index (κ2) is 10.2. The third-order valence-electron chi connectivity index (χ3n) is 13.0. The summed E-state index contributed by atoms with van der Waals surface area (Å²) >= 11 is 0. The summed E-state index contributed by atoms with van der Waals surface area (Å²) in [6, 6.07) is 0. The van der Waals surface area contributed by atoms with Crippen LogP contribution in [-0.4, -0.2) is 21.4 Å². The topological polar surface area (TPSA) is 40.5 Å². The smallest absolute Gasteiger partial charge is 0.0678 e. The number of hydrogen-bond donors (Lipinski definition) is 2. The van der Waals surface area contributed by atoms with Crippen molar-refractivity contribution in [1.82, 2.24) is 0 Å². The lowest BCUT2D eigenvalue weighted by Gasteiger charge is -2.62. The minimum absolute atomic E-state index is 0.397. The van der Waals surface area contributed by atoms with Gasteiger partial charge in [-0.25, -0.2) is 0 Å². The molecule has 2 heteroatoms. The van der Waals surface area contributed by atoms with E-state index in [1.165, 1.54) is 57.8 Å². The van der Waals surface area contributed by atoms with E-state index < -0.39 is 11.2 Å². The zero-order valence-electron chi connectivity index (χ0n) is 24.5. The molecule has 0 bridgehead atoms. The molecule has 4 saturated carbocycles. The highest BCUT2D eigenvalue weighted by Gasteiger charge is 2.61. The predicted molar refractivity (Wildman–Crippen MR) is 148 cm³/mol. The van der Waals surface area contributed by atoms with Crippen molar-refractivity contribution in [1.29, 1.82) is 0 Å². The Morgan fingerprint density at radius 1 is 0.829 bits per heavy atom. The summed E-state index contributed by atoms with van der Waals surface area (Å²) < 4.78 is 0. The third-order valence-corrected chi connectivity index (χ3v) is 13.0. The highest BCUT2D eigenvalue weighted by Crippen LogP contribution is 2.69. The van der Waals surface area contributed by atoms with Gasteiger partial charge in [-0.05, 0) is 123 Å². The summed E-state index contributed by atoms with van der Waals surface area (Å²) in [5.41, 5.74) is -0.397. The van der Waals surface area contributed by atoms with Crippen molar-refractivity contribution in [3.63, 3.8) is 0 Å². The molecule has 9 atom stereocenters. The van der Waals surface area contributed by atoms with Crippen LogP contribution >= 0.6 is 0 Å². The highest BCUT2D eigenvalue weighted by atomic mass is 16.3. The lowest BCUT2D eigenvalue weighted by atomic mass is 9.43. The Labute approximate surface area is 218 Å². The van der Waals surface area contributed by atoms with Crippen LogP contribution in [0.5, 0.6) is 0 Å². The van der Waals surface area contributed by atoms with Crippen molar-refractivity contribution in [2.24, 2.45) is 52.3 Å². The van der Waals surface area contributed by atoms with E-state index in [9.17, 15) is 10.2 Å². The minimum atomic E-state index is -0.697. The fraction of sp³-hybridized carbons (Fsp3) is 1.00. The van der Waals surface area contributed by atoms with Gasteiger partial charge < -0.3 is 10.2 Å². The Morgan fingerprint density at radius 3 is 2.17 bits per heavy atom. The quantitative estimate of drug-likeness (QED) is 0.340. The summed E-state index contributed by atoms with van der Waals surface area (Å²) in [7, 11) is 0. The van der Waals surface area contributed by atoms with Gasteiger partial charge in [0.25, 0.3) is 0 Å². The number of fused-ring (bicyclic) bond motifs is 5. The molecule has 0 aromatic heterocycles. The van der Waals surface area contributed by atoms with Crippen molar-refractivity contribution in [3.05, 3.63) is 0 Å². The van der Waals surface area contributed by atoms with Crippen molar-refractivity contribution in [3.8, 4) is 0 Å². The van der Waals surface area contributed by atoms with Crippen LogP contribution < -0.4 is 0 Å². The first-order valence-electron chi connectivity index (χ1n) is 15.8. The van der Waals surface area contributed by atoms with Crippen molar-refractivity contribution < 1.29 is 10.2 Å². The van der Waals surface area contributed by atoms with Crippen LogP contribution in [0.2, 0.25) is 0 Å². The number of aliphatic hydroxyl groups is 2. The molecule has 4 aliphatic carbocycles. The molecule has 4 fully saturated rings. The van der Waals surface area contributed by atoms with Gasteiger partial charge in [0.1, 0.15) is 0 Å². The van der Waals surface area contributed by atoms with E-state index in [0.717, 1.165) is 67.6 Å². The average molecular weight is 489 g/mol. The van der Waals surface area contributed by atoms with Crippen LogP contribution in [0.4, 0.5) is 0 Å². The summed E-state index contributed by atoms with van der Waals surface area (Å²) in [5.74, 6) is 5.99. The summed E-state index contributed by atoms with van der Waals surface area (Å²) in [5, 5.41) is 22.7. The van der Waals surface area contributed by atoms with Gasteiger partial charge in [-0.15, -0.1) is 0 Å². The molecule has 0 radical (unpaired) electrons. The summed E-state index contributed by atoms with van der Waals surface area (Å²) in [6.45, 7) is 16.8. The minimum Gasteiger partial charge on any atom is -0.390 e. The fourth-order valence-electron chi connectivity index (χ4n) is 10.6. The molecule has 35 heavy (non-hydrogen) atoms.